The Morgan fingerprint density at radius 3 is 2.46 bits per heavy atom. The molecule has 0 saturated heterocycles. The van der Waals surface area contributed by atoms with Crippen LogP contribution in [-0.4, -0.2) is 10.7 Å². The van der Waals surface area contributed by atoms with E-state index in [0.717, 1.165) is 24.7 Å². The van der Waals surface area contributed by atoms with Crippen molar-refractivity contribution in [3.05, 3.63) is 0 Å². The molecule has 2 aliphatic carbocycles. The lowest BCUT2D eigenvalue weighted by Crippen LogP contribution is -2.38. The van der Waals surface area contributed by atoms with Crippen molar-refractivity contribution >= 4 is 0 Å². The van der Waals surface area contributed by atoms with Gasteiger partial charge in [0.2, 0.25) is 0 Å². The Bertz CT molecular complexity index is 184. The van der Waals surface area contributed by atoms with Crippen LogP contribution in [0.25, 0.3) is 0 Å². The Morgan fingerprint density at radius 2 is 1.92 bits per heavy atom. The topological polar surface area (TPSA) is 20.2 Å². The molecule has 2 rings (SSSR count). The fourth-order valence-electron chi connectivity index (χ4n) is 2.89. The van der Waals surface area contributed by atoms with Crippen molar-refractivity contribution in [1.29, 1.82) is 0 Å². The summed E-state index contributed by atoms with van der Waals surface area (Å²) in [6.45, 7) is 4.59. The molecule has 1 heteroatoms. The first-order valence-electron chi connectivity index (χ1n) is 5.84. The SMILES string of the molecule is CC(C)C1CCCC(O)(C2CC2)C1. The Kier molecular flexibility index (Phi) is 2.39. The standard InChI is InChI=1S/C12H22O/c1-9(2)10-4-3-7-12(13,8-10)11-5-6-11/h9-11,13H,3-8H2,1-2H3. The van der Waals surface area contributed by atoms with Crippen molar-refractivity contribution in [3.63, 3.8) is 0 Å². The fourth-order valence-corrected chi connectivity index (χ4v) is 2.89. The van der Waals surface area contributed by atoms with Gasteiger partial charge in [0.25, 0.3) is 0 Å². The van der Waals surface area contributed by atoms with Crippen LogP contribution in [0.1, 0.15) is 52.4 Å². The maximum absolute atomic E-state index is 10.4. The summed E-state index contributed by atoms with van der Waals surface area (Å²) in [6.07, 6.45) is 7.29. The summed E-state index contributed by atoms with van der Waals surface area (Å²) in [6, 6.07) is 0. The third-order valence-corrected chi connectivity index (χ3v) is 4.08. The van der Waals surface area contributed by atoms with Crippen molar-refractivity contribution in [3.8, 4) is 0 Å². The molecule has 0 aromatic heterocycles. The molecule has 1 N–H and O–H groups in total. The molecule has 1 nitrogen and oxygen atoms in total. The number of hydrogen-bond donors (Lipinski definition) is 1. The molecule has 0 aromatic carbocycles. The van der Waals surface area contributed by atoms with Crippen LogP contribution >= 0.6 is 0 Å². The smallest absolute Gasteiger partial charge is 0.0678 e. The van der Waals surface area contributed by atoms with Crippen LogP contribution in [-0.2, 0) is 0 Å². The van der Waals surface area contributed by atoms with Gasteiger partial charge in [-0.1, -0.05) is 20.3 Å². The zero-order chi connectivity index (χ0) is 9.47. The second kappa shape index (κ2) is 3.27. The lowest BCUT2D eigenvalue weighted by atomic mass is 9.71. The average molecular weight is 182 g/mol. The van der Waals surface area contributed by atoms with Crippen LogP contribution in [0.5, 0.6) is 0 Å². The van der Waals surface area contributed by atoms with Gasteiger partial charge in [0.15, 0.2) is 0 Å². The average Bonchev–Trinajstić information content (AvgIpc) is 2.86. The van der Waals surface area contributed by atoms with Crippen molar-refractivity contribution in [2.75, 3.05) is 0 Å². The summed E-state index contributed by atoms with van der Waals surface area (Å²) in [5.74, 6) is 2.19. The second-order valence-corrected chi connectivity index (χ2v) is 5.48. The molecule has 76 valence electrons. The summed E-state index contributed by atoms with van der Waals surface area (Å²) in [7, 11) is 0. The normalized spacial score (nSPS) is 41.1. The monoisotopic (exact) mass is 182 g/mol. The molecule has 0 radical (unpaired) electrons. The van der Waals surface area contributed by atoms with Crippen molar-refractivity contribution in [2.45, 2.75) is 58.0 Å². The predicted molar refractivity (Wildman–Crippen MR) is 54.5 cm³/mol. The van der Waals surface area contributed by atoms with Gasteiger partial charge in [0, 0.05) is 0 Å². The molecule has 2 saturated carbocycles. The van der Waals surface area contributed by atoms with E-state index in [9.17, 15) is 5.11 Å². The third kappa shape index (κ3) is 1.90. The summed E-state index contributed by atoms with van der Waals surface area (Å²) in [5.41, 5.74) is -0.257. The van der Waals surface area contributed by atoms with Crippen LogP contribution in [0.15, 0.2) is 0 Å². The van der Waals surface area contributed by atoms with Gasteiger partial charge in [-0.25, -0.2) is 0 Å². The van der Waals surface area contributed by atoms with E-state index in [1.165, 1.54) is 25.7 Å². The minimum atomic E-state index is -0.257. The molecule has 2 atom stereocenters. The Balaban J connectivity index is 1.98. The van der Waals surface area contributed by atoms with E-state index in [-0.39, 0.29) is 5.60 Å². The molecular formula is C12H22O. The van der Waals surface area contributed by atoms with Gasteiger partial charge >= 0.3 is 0 Å². The van der Waals surface area contributed by atoms with Crippen molar-refractivity contribution in [2.24, 2.45) is 17.8 Å². The number of hydrogen-bond acceptors (Lipinski definition) is 1. The molecule has 2 fully saturated rings. The highest BCUT2D eigenvalue weighted by molar-refractivity contribution is 4.98. The van der Waals surface area contributed by atoms with Crippen molar-refractivity contribution < 1.29 is 5.11 Å². The summed E-state index contributed by atoms with van der Waals surface area (Å²) < 4.78 is 0. The fraction of sp³-hybridized carbons (Fsp3) is 1.00. The van der Waals surface area contributed by atoms with E-state index in [1.54, 1.807) is 0 Å². The minimum Gasteiger partial charge on any atom is -0.390 e. The summed E-state index contributed by atoms with van der Waals surface area (Å²) in [5, 5.41) is 10.4. The van der Waals surface area contributed by atoms with E-state index in [4.69, 9.17) is 0 Å². The molecule has 0 spiro atoms. The maximum atomic E-state index is 10.4. The third-order valence-electron chi connectivity index (χ3n) is 4.08. The molecule has 0 heterocycles. The molecular weight excluding hydrogens is 160 g/mol. The van der Waals surface area contributed by atoms with Gasteiger partial charge in [0.05, 0.1) is 5.60 Å². The highest BCUT2D eigenvalue weighted by Gasteiger charge is 2.46. The van der Waals surface area contributed by atoms with E-state index < -0.39 is 0 Å². The molecule has 0 aliphatic heterocycles. The molecule has 0 aromatic rings. The van der Waals surface area contributed by atoms with Gasteiger partial charge in [0.1, 0.15) is 0 Å². The van der Waals surface area contributed by atoms with E-state index in [0.29, 0.717) is 5.92 Å². The first kappa shape index (κ1) is 9.51. The Labute approximate surface area is 81.5 Å². The van der Waals surface area contributed by atoms with Crippen LogP contribution < -0.4 is 0 Å². The zero-order valence-electron chi connectivity index (χ0n) is 8.92. The van der Waals surface area contributed by atoms with E-state index in [2.05, 4.69) is 13.8 Å². The highest BCUT2D eigenvalue weighted by Crippen LogP contribution is 2.49. The largest absolute Gasteiger partial charge is 0.390 e. The van der Waals surface area contributed by atoms with Crippen LogP contribution in [0.3, 0.4) is 0 Å². The number of aliphatic hydroxyl groups is 1. The second-order valence-electron chi connectivity index (χ2n) is 5.48. The van der Waals surface area contributed by atoms with Crippen LogP contribution in [0.4, 0.5) is 0 Å². The lowest BCUT2D eigenvalue weighted by molar-refractivity contribution is -0.0428. The van der Waals surface area contributed by atoms with Gasteiger partial charge in [-0.2, -0.15) is 0 Å². The van der Waals surface area contributed by atoms with Gasteiger partial charge in [-0.05, 0) is 49.9 Å². The molecule has 0 bridgehead atoms. The highest BCUT2D eigenvalue weighted by atomic mass is 16.3. The predicted octanol–water partition coefficient (Wildman–Crippen LogP) is 2.97. The van der Waals surface area contributed by atoms with E-state index in [1.807, 2.05) is 0 Å². The summed E-state index contributed by atoms with van der Waals surface area (Å²) in [4.78, 5) is 0. The van der Waals surface area contributed by atoms with Crippen molar-refractivity contribution in [1.82, 2.24) is 0 Å². The molecule has 2 aliphatic rings. The Hall–Kier alpha value is -0.0400. The van der Waals surface area contributed by atoms with E-state index >= 15 is 0 Å². The quantitative estimate of drug-likeness (QED) is 0.696. The maximum Gasteiger partial charge on any atom is 0.0678 e. The van der Waals surface area contributed by atoms with Gasteiger partial charge in [-0.3, -0.25) is 0 Å². The molecule has 0 amide bonds. The van der Waals surface area contributed by atoms with Crippen LogP contribution in [0, 0.1) is 17.8 Å². The zero-order valence-corrected chi connectivity index (χ0v) is 8.92. The lowest BCUT2D eigenvalue weighted by Gasteiger charge is -2.38. The molecule has 13 heavy (non-hydrogen) atoms. The molecule has 2 unspecified atom stereocenters. The van der Waals surface area contributed by atoms with Crippen LogP contribution in [0.2, 0.25) is 0 Å². The summed E-state index contributed by atoms with van der Waals surface area (Å²) >= 11 is 0. The van der Waals surface area contributed by atoms with Gasteiger partial charge < -0.3 is 5.11 Å². The van der Waals surface area contributed by atoms with Gasteiger partial charge in [-0.15, -0.1) is 0 Å². The first-order chi connectivity index (χ1) is 6.12. The minimum absolute atomic E-state index is 0.257. The Morgan fingerprint density at radius 1 is 1.23 bits per heavy atom. The first-order valence-corrected chi connectivity index (χ1v) is 5.84. The number of rotatable bonds is 2.